The number of ether oxygens (including phenoxy) is 2. The highest BCUT2D eigenvalue weighted by molar-refractivity contribution is 5.85. The van der Waals surface area contributed by atoms with Gasteiger partial charge in [0.1, 0.15) is 24.2 Å². The number of aromatic hydroxyl groups is 1. The third-order valence-corrected chi connectivity index (χ3v) is 3.57. The minimum Gasteiger partial charge on any atom is -0.508 e. The van der Waals surface area contributed by atoms with Crippen LogP contribution >= 0.6 is 0 Å². The molecule has 1 aliphatic rings. The first-order valence-corrected chi connectivity index (χ1v) is 6.86. The Bertz CT molecular complexity index is 599. The highest BCUT2D eigenvalue weighted by Crippen LogP contribution is 2.24. The minimum absolute atomic E-state index is 0.119. The van der Waals surface area contributed by atoms with Crippen molar-refractivity contribution in [1.82, 2.24) is 4.90 Å². The minimum atomic E-state index is 0.119. The van der Waals surface area contributed by atoms with E-state index in [1.54, 1.807) is 12.1 Å². The molecule has 1 fully saturated rings. The number of rotatable bonds is 3. The Kier molecular flexibility index (Phi) is 3.76. The van der Waals surface area contributed by atoms with Crippen LogP contribution in [0.15, 0.2) is 36.4 Å². The Hall–Kier alpha value is -1.78. The predicted octanol–water partition coefficient (Wildman–Crippen LogP) is 2.25. The van der Waals surface area contributed by atoms with Crippen LogP contribution in [0.4, 0.5) is 0 Å². The van der Waals surface area contributed by atoms with E-state index in [4.69, 9.17) is 9.47 Å². The maximum atomic E-state index is 9.52. The molecule has 0 aromatic heterocycles. The smallest absolute Gasteiger partial charge is 0.120 e. The summed E-state index contributed by atoms with van der Waals surface area (Å²) in [5.74, 6) is 1.08. The fraction of sp³-hybridized carbons (Fsp3) is 0.375. The fourth-order valence-electron chi connectivity index (χ4n) is 2.46. The molecule has 20 heavy (non-hydrogen) atoms. The third-order valence-electron chi connectivity index (χ3n) is 3.57. The Labute approximate surface area is 118 Å². The van der Waals surface area contributed by atoms with E-state index in [9.17, 15) is 5.11 Å². The number of nitrogens with zero attached hydrogens (tertiary/aromatic N) is 1. The van der Waals surface area contributed by atoms with Gasteiger partial charge in [0.25, 0.3) is 0 Å². The molecule has 0 saturated carbocycles. The Morgan fingerprint density at radius 2 is 2.10 bits per heavy atom. The van der Waals surface area contributed by atoms with Gasteiger partial charge in [0.2, 0.25) is 0 Å². The number of morpholine rings is 1. The molecule has 4 heteroatoms. The highest BCUT2D eigenvalue weighted by Gasteiger charge is 2.18. The van der Waals surface area contributed by atoms with Crippen LogP contribution in [0.25, 0.3) is 10.8 Å². The topological polar surface area (TPSA) is 41.9 Å². The van der Waals surface area contributed by atoms with Crippen molar-refractivity contribution >= 4 is 10.8 Å². The molecule has 1 atom stereocenters. The number of hydrogen-bond acceptors (Lipinski definition) is 4. The Balaban J connectivity index is 1.68. The van der Waals surface area contributed by atoms with Gasteiger partial charge in [-0.3, -0.25) is 0 Å². The molecular weight excluding hydrogens is 254 g/mol. The fourth-order valence-corrected chi connectivity index (χ4v) is 2.46. The van der Waals surface area contributed by atoms with E-state index in [0.29, 0.717) is 6.61 Å². The third kappa shape index (κ3) is 3.03. The first-order valence-electron chi connectivity index (χ1n) is 6.86. The van der Waals surface area contributed by atoms with Crippen LogP contribution in [0.5, 0.6) is 11.5 Å². The van der Waals surface area contributed by atoms with Crippen molar-refractivity contribution in [3.8, 4) is 11.5 Å². The Morgan fingerprint density at radius 1 is 1.25 bits per heavy atom. The summed E-state index contributed by atoms with van der Waals surface area (Å²) < 4.78 is 11.5. The molecule has 0 spiro atoms. The van der Waals surface area contributed by atoms with Crippen molar-refractivity contribution in [2.24, 2.45) is 0 Å². The van der Waals surface area contributed by atoms with E-state index < -0.39 is 0 Å². The lowest BCUT2D eigenvalue weighted by atomic mass is 10.1. The first-order chi connectivity index (χ1) is 9.70. The van der Waals surface area contributed by atoms with Crippen LogP contribution in [0.1, 0.15) is 0 Å². The molecule has 2 aromatic carbocycles. The highest BCUT2D eigenvalue weighted by atomic mass is 16.5. The van der Waals surface area contributed by atoms with E-state index >= 15 is 0 Å². The van der Waals surface area contributed by atoms with Gasteiger partial charge in [-0.1, -0.05) is 12.1 Å². The standard InChI is InChI=1S/C16H19NO3/c1-17-6-7-19-16(10-17)11-20-15-5-3-12-2-4-14(18)8-13(12)9-15/h2-5,8-9,16,18H,6-7,10-11H2,1H3. The molecule has 1 saturated heterocycles. The summed E-state index contributed by atoms with van der Waals surface area (Å²) in [5, 5.41) is 11.6. The summed E-state index contributed by atoms with van der Waals surface area (Å²) in [7, 11) is 2.09. The SMILES string of the molecule is CN1CCOC(COc2ccc3ccc(O)cc3c2)C1. The molecule has 2 aromatic rings. The van der Waals surface area contributed by atoms with Crippen molar-refractivity contribution in [1.29, 1.82) is 0 Å². The molecule has 1 unspecified atom stereocenters. The quantitative estimate of drug-likeness (QED) is 0.931. The number of hydrogen-bond donors (Lipinski definition) is 1. The normalized spacial score (nSPS) is 20.1. The number of benzene rings is 2. The average Bonchev–Trinajstić information content (AvgIpc) is 2.45. The average molecular weight is 273 g/mol. The zero-order chi connectivity index (χ0) is 13.9. The van der Waals surface area contributed by atoms with E-state index in [1.807, 2.05) is 24.3 Å². The summed E-state index contributed by atoms with van der Waals surface area (Å²) in [6.45, 7) is 3.19. The van der Waals surface area contributed by atoms with Crippen molar-refractivity contribution in [3.05, 3.63) is 36.4 Å². The summed E-state index contributed by atoms with van der Waals surface area (Å²) in [6, 6.07) is 11.2. The van der Waals surface area contributed by atoms with Gasteiger partial charge in [-0.15, -0.1) is 0 Å². The Morgan fingerprint density at radius 3 is 2.95 bits per heavy atom. The molecule has 0 aliphatic carbocycles. The second-order valence-electron chi connectivity index (χ2n) is 5.26. The van der Waals surface area contributed by atoms with Gasteiger partial charge < -0.3 is 19.5 Å². The lowest BCUT2D eigenvalue weighted by molar-refractivity contribution is -0.0403. The van der Waals surface area contributed by atoms with Crippen molar-refractivity contribution < 1.29 is 14.6 Å². The second kappa shape index (κ2) is 5.69. The first kappa shape index (κ1) is 13.2. The van der Waals surface area contributed by atoms with Crippen LogP contribution in [0, 0.1) is 0 Å². The van der Waals surface area contributed by atoms with Gasteiger partial charge in [-0.2, -0.15) is 0 Å². The van der Waals surface area contributed by atoms with Gasteiger partial charge in [0.05, 0.1) is 6.61 Å². The molecule has 1 heterocycles. The summed E-state index contributed by atoms with van der Waals surface area (Å²) in [5.41, 5.74) is 0. The predicted molar refractivity (Wildman–Crippen MR) is 78.3 cm³/mol. The van der Waals surface area contributed by atoms with Gasteiger partial charge in [0, 0.05) is 13.1 Å². The molecule has 1 N–H and O–H groups in total. The molecule has 0 radical (unpaired) electrons. The molecule has 0 amide bonds. The number of fused-ring (bicyclic) bond motifs is 1. The molecule has 3 rings (SSSR count). The largest absolute Gasteiger partial charge is 0.508 e. The molecule has 1 aliphatic heterocycles. The monoisotopic (exact) mass is 273 g/mol. The van der Waals surface area contributed by atoms with Crippen molar-refractivity contribution in [2.75, 3.05) is 33.4 Å². The van der Waals surface area contributed by atoms with Crippen LogP contribution in [-0.4, -0.2) is 49.5 Å². The molecule has 106 valence electrons. The molecular formula is C16H19NO3. The number of phenolic OH excluding ortho intramolecular Hbond substituents is 1. The van der Waals surface area contributed by atoms with Crippen molar-refractivity contribution in [3.63, 3.8) is 0 Å². The van der Waals surface area contributed by atoms with E-state index in [0.717, 1.165) is 36.2 Å². The maximum Gasteiger partial charge on any atom is 0.120 e. The van der Waals surface area contributed by atoms with Crippen LogP contribution in [0.3, 0.4) is 0 Å². The van der Waals surface area contributed by atoms with Gasteiger partial charge in [0.15, 0.2) is 0 Å². The van der Waals surface area contributed by atoms with Gasteiger partial charge in [-0.05, 0) is 42.1 Å². The molecule has 0 bridgehead atoms. The van der Waals surface area contributed by atoms with Crippen molar-refractivity contribution in [2.45, 2.75) is 6.10 Å². The zero-order valence-electron chi connectivity index (χ0n) is 11.6. The number of phenols is 1. The van der Waals surface area contributed by atoms with Gasteiger partial charge >= 0.3 is 0 Å². The van der Waals surface area contributed by atoms with Crippen LogP contribution in [-0.2, 0) is 4.74 Å². The van der Waals surface area contributed by atoms with Crippen LogP contribution in [0.2, 0.25) is 0 Å². The maximum absolute atomic E-state index is 9.52. The summed E-state index contributed by atoms with van der Waals surface area (Å²) in [4.78, 5) is 2.25. The van der Waals surface area contributed by atoms with Gasteiger partial charge in [-0.25, -0.2) is 0 Å². The lowest BCUT2D eigenvalue weighted by Crippen LogP contribution is -2.42. The number of likely N-dealkylation sites (N-methyl/N-ethyl adjacent to an activating group) is 1. The lowest BCUT2D eigenvalue weighted by Gasteiger charge is -2.29. The summed E-state index contributed by atoms with van der Waals surface area (Å²) >= 11 is 0. The molecule has 4 nitrogen and oxygen atoms in total. The van der Waals surface area contributed by atoms with Crippen LogP contribution < -0.4 is 4.74 Å². The van der Waals surface area contributed by atoms with E-state index in [-0.39, 0.29) is 11.9 Å². The van der Waals surface area contributed by atoms with E-state index in [2.05, 4.69) is 11.9 Å². The van der Waals surface area contributed by atoms with E-state index in [1.165, 1.54) is 0 Å². The zero-order valence-corrected chi connectivity index (χ0v) is 11.6. The summed E-state index contributed by atoms with van der Waals surface area (Å²) in [6.07, 6.45) is 0.119. The second-order valence-corrected chi connectivity index (χ2v) is 5.26.